The van der Waals surface area contributed by atoms with Crippen LogP contribution in [0.3, 0.4) is 0 Å². The summed E-state index contributed by atoms with van der Waals surface area (Å²) in [4.78, 5) is 11.1. The zero-order valence-electron chi connectivity index (χ0n) is 9.02. The van der Waals surface area contributed by atoms with E-state index in [4.69, 9.17) is 9.47 Å². The molecule has 1 rings (SSSR count). The molecule has 0 amide bonds. The van der Waals surface area contributed by atoms with Crippen molar-refractivity contribution in [2.75, 3.05) is 14.2 Å². The van der Waals surface area contributed by atoms with Crippen molar-refractivity contribution in [2.24, 2.45) is 0 Å². The van der Waals surface area contributed by atoms with Gasteiger partial charge in [-0.15, -0.1) is 0 Å². The fourth-order valence-corrected chi connectivity index (χ4v) is 1.07. The molecule has 1 unspecified atom stereocenters. The lowest BCUT2D eigenvalue weighted by Crippen LogP contribution is -2.24. The molecule has 0 saturated heterocycles. The van der Waals surface area contributed by atoms with Gasteiger partial charge in [0.2, 0.25) is 0 Å². The van der Waals surface area contributed by atoms with Gasteiger partial charge in [0.1, 0.15) is 11.5 Å². The maximum atomic E-state index is 11.1. The van der Waals surface area contributed by atoms with E-state index in [9.17, 15) is 4.79 Å². The van der Waals surface area contributed by atoms with Crippen LogP contribution in [0.25, 0.3) is 0 Å². The van der Waals surface area contributed by atoms with Crippen LogP contribution in [0.1, 0.15) is 6.92 Å². The Hall–Kier alpha value is -1.71. The van der Waals surface area contributed by atoms with Crippen LogP contribution in [0.15, 0.2) is 24.3 Å². The van der Waals surface area contributed by atoms with E-state index >= 15 is 0 Å². The molecule has 0 heterocycles. The van der Waals surface area contributed by atoms with Crippen molar-refractivity contribution in [3.05, 3.63) is 24.3 Å². The topological polar surface area (TPSA) is 44.8 Å². The monoisotopic (exact) mass is 210 g/mol. The van der Waals surface area contributed by atoms with E-state index in [0.29, 0.717) is 5.75 Å². The average molecular weight is 210 g/mol. The molecule has 0 fully saturated rings. The van der Waals surface area contributed by atoms with Gasteiger partial charge in [0, 0.05) is 0 Å². The Morgan fingerprint density at radius 2 is 1.67 bits per heavy atom. The largest absolute Gasteiger partial charge is 0.497 e. The third kappa shape index (κ3) is 3.16. The Kier molecular flexibility index (Phi) is 3.97. The van der Waals surface area contributed by atoms with Gasteiger partial charge in [-0.1, -0.05) is 0 Å². The van der Waals surface area contributed by atoms with Gasteiger partial charge < -0.3 is 14.2 Å². The highest BCUT2D eigenvalue weighted by Crippen LogP contribution is 2.18. The Balaban J connectivity index is 2.60. The van der Waals surface area contributed by atoms with Gasteiger partial charge in [0.25, 0.3) is 0 Å². The number of esters is 1. The van der Waals surface area contributed by atoms with Crippen LogP contribution in [-0.4, -0.2) is 26.3 Å². The molecule has 1 atom stereocenters. The summed E-state index contributed by atoms with van der Waals surface area (Å²) in [5.41, 5.74) is 0. The number of hydrogen-bond acceptors (Lipinski definition) is 4. The Labute approximate surface area is 88.8 Å². The van der Waals surface area contributed by atoms with Gasteiger partial charge in [-0.2, -0.15) is 0 Å². The van der Waals surface area contributed by atoms with Crippen molar-refractivity contribution in [1.29, 1.82) is 0 Å². The second-order valence-corrected chi connectivity index (χ2v) is 2.96. The van der Waals surface area contributed by atoms with Crippen LogP contribution in [0.2, 0.25) is 0 Å². The molecule has 0 N–H and O–H groups in total. The fraction of sp³-hybridized carbons (Fsp3) is 0.364. The molecule has 1 aromatic carbocycles. The van der Waals surface area contributed by atoms with Crippen LogP contribution in [-0.2, 0) is 9.53 Å². The van der Waals surface area contributed by atoms with E-state index in [1.807, 2.05) is 0 Å². The molecular weight excluding hydrogens is 196 g/mol. The molecule has 4 nitrogen and oxygen atoms in total. The van der Waals surface area contributed by atoms with E-state index in [-0.39, 0.29) is 0 Å². The number of benzene rings is 1. The summed E-state index contributed by atoms with van der Waals surface area (Å²) >= 11 is 0. The molecule has 0 aliphatic heterocycles. The van der Waals surface area contributed by atoms with Crippen molar-refractivity contribution >= 4 is 5.97 Å². The first kappa shape index (κ1) is 11.4. The molecule has 0 bridgehead atoms. The summed E-state index contributed by atoms with van der Waals surface area (Å²) in [6.07, 6.45) is -0.608. The molecule has 4 heteroatoms. The molecule has 15 heavy (non-hydrogen) atoms. The van der Waals surface area contributed by atoms with Crippen LogP contribution < -0.4 is 9.47 Å². The van der Waals surface area contributed by atoms with Gasteiger partial charge >= 0.3 is 5.97 Å². The van der Waals surface area contributed by atoms with E-state index in [1.54, 1.807) is 38.3 Å². The van der Waals surface area contributed by atoms with Crippen molar-refractivity contribution in [3.8, 4) is 11.5 Å². The number of carbonyl (C=O) groups is 1. The summed E-state index contributed by atoms with van der Waals surface area (Å²) in [5.74, 6) is 0.951. The number of methoxy groups -OCH3 is 2. The van der Waals surface area contributed by atoms with Gasteiger partial charge in [-0.3, -0.25) is 0 Å². The second kappa shape index (κ2) is 5.24. The van der Waals surface area contributed by atoms with Gasteiger partial charge in [-0.05, 0) is 31.2 Å². The summed E-state index contributed by atoms with van der Waals surface area (Å²) in [6.45, 7) is 1.63. The Morgan fingerprint density at radius 1 is 1.13 bits per heavy atom. The Morgan fingerprint density at radius 3 is 2.13 bits per heavy atom. The van der Waals surface area contributed by atoms with Gasteiger partial charge in [-0.25, -0.2) is 4.79 Å². The standard InChI is InChI=1S/C11H14O4/c1-8(11(12)14-3)15-10-6-4-9(13-2)5-7-10/h4-8H,1-3H3. The number of carbonyl (C=O) groups excluding carboxylic acids is 1. The zero-order chi connectivity index (χ0) is 11.3. The summed E-state index contributed by atoms with van der Waals surface area (Å²) in [6, 6.07) is 7.00. The predicted octanol–water partition coefficient (Wildman–Crippen LogP) is 1.64. The second-order valence-electron chi connectivity index (χ2n) is 2.96. The van der Waals surface area contributed by atoms with E-state index in [1.165, 1.54) is 7.11 Å². The van der Waals surface area contributed by atoms with Crippen LogP contribution in [0.4, 0.5) is 0 Å². The molecule has 0 aromatic heterocycles. The molecule has 0 radical (unpaired) electrons. The predicted molar refractivity (Wildman–Crippen MR) is 55.1 cm³/mol. The first-order valence-corrected chi connectivity index (χ1v) is 4.56. The highest BCUT2D eigenvalue weighted by atomic mass is 16.6. The van der Waals surface area contributed by atoms with E-state index in [0.717, 1.165) is 5.75 Å². The smallest absolute Gasteiger partial charge is 0.346 e. The van der Waals surface area contributed by atoms with Gasteiger partial charge in [0.05, 0.1) is 14.2 Å². The quantitative estimate of drug-likeness (QED) is 0.708. The third-order valence-electron chi connectivity index (χ3n) is 1.91. The minimum absolute atomic E-state index is 0.397. The van der Waals surface area contributed by atoms with Crippen molar-refractivity contribution in [1.82, 2.24) is 0 Å². The van der Waals surface area contributed by atoms with Gasteiger partial charge in [0.15, 0.2) is 6.10 Å². The van der Waals surface area contributed by atoms with E-state index < -0.39 is 12.1 Å². The zero-order valence-corrected chi connectivity index (χ0v) is 9.02. The minimum Gasteiger partial charge on any atom is -0.497 e. The minimum atomic E-state index is -0.608. The lowest BCUT2D eigenvalue weighted by Gasteiger charge is -2.12. The maximum absolute atomic E-state index is 11.1. The van der Waals surface area contributed by atoms with E-state index in [2.05, 4.69) is 4.74 Å². The van der Waals surface area contributed by atoms with Crippen molar-refractivity contribution in [3.63, 3.8) is 0 Å². The number of rotatable bonds is 4. The Bertz CT molecular complexity index is 318. The first-order chi connectivity index (χ1) is 7.17. The molecule has 0 aliphatic rings. The highest BCUT2D eigenvalue weighted by molar-refractivity contribution is 5.74. The van der Waals surface area contributed by atoms with Crippen LogP contribution in [0.5, 0.6) is 11.5 Å². The summed E-state index contributed by atoms with van der Waals surface area (Å²) in [5, 5.41) is 0. The maximum Gasteiger partial charge on any atom is 0.346 e. The third-order valence-corrected chi connectivity index (χ3v) is 1.91. The fourth-order valence-electron chi connectivity index (χ4n) is 1.07. The number of ether oxygens (including phenoxy) is 3. The lowest BCUT2D eigenvalue weighted by atomic mass is 10.3. The molecule has 0 spiro atoms. The highest BCUT2D eigenvalue weighted by Gasteiger charge is 2.14. The molecule has 0 saturated carbocycles. The first-order valence-electron chi connectivity index (χ1n) is 4.56. The normalized spacial score (nSPS) is 11.7. The van der Waals surface area contributed by atoms with Crippen molar-refractivity contribution < 1.29 is 19.0 Å². The lowest BCUT2D eigenvalue weighted by molar-refractivity contribution is -0.147. The van der Waals surface area contributed by atoms with Crippen molar-refractivity contribution in [2.45, 2.75) is 13.0 Å². The number of hydrogen-bond donors (Lipinski definition) is 0. The molecule has 1 aromatic rings. The summed E-state index contributed by atoms with van der Waals surface area (Å²) in [7, 11) is 2.92. The molecular formula is C11H14O4. The van der Waals surface area contributed by atoms with Crippen LogP contribution in [0, 0.1) is 0 Å². The SMILES string of the molecule is COC(=O)C(C)Oc1ccc(OC)cc1. The molecule has 82 valence electrons. The summed E-state index contributed by atoms with van der Waals surface area (Å²) < 4.78 is 14.9. The van der Waals surface area contributed by atoms with Crippen LogP contribution >= 0.6 is 0 Å². The molecule has 0 aliphatic carbocycles. The average Bonchev–Trinajstić information content (AvgIpc) is 2.29.